The lowest BCUT2D eigenvalue weighted by Gasteiger charge is -2.25. The van der Waals surface area contributed by atoms with Crippen molar-refractivity contribution in [2.24, 2.45) is 0 Å². The standard InChI is InChI=1S/C25H27N3O5S/c1-30-19-8-5-17(6-9-19)14-23-26-27-25(33-23)34-16-24(29)28-11-2-4-20(28)18-7-10-21-22(15-18)32-13-3-12-31-21/h5-10,15,20H,2-4,11-14,16H2,1H3. The van der Waals surface area contributed by atoms with Crippen molar-refractivity contribution >= 4 is 17.7 Å². The van der Waals surface area contributed by atoms with Gasteiger partial charge in [-0.05, 0) is 48.2 Å². The fourth-order valence-electron chi connectivity index (χ4n) is 4.29. The van der Waals surface area contributed by atoms with Crippen LogP contribution in [-0.4, -0.2) is 53.6 Å². The van der Waals surface area contributed by atoms with Gasteiger partial charge >= 0.3 is 0 Å². The van der Waals surface area contributed by atoms with Gasteiger partial charge in [0.05, 0.1) is 38.5 Å². The number of ether oxygens (including phenoxy) is 3. The van der Waals surface area contributed by atoms with Crippen LogP contribution >= 0.6 is 11.8 Å². The van der Waals surface area contributed by atoms with E-state index < -0.39 is 0 Å². The van der Waals surface area contributed by atoms with Crippen molar-refractivity contribution in [2.45, 2.75) is 36.9 Å². The SMILES string of the molecule is COc1ccc(Cc2nnc(SCC(=O)N3CCCC3c3ccc4c(c3)OCCCO4)o2)cc1. The van der Waals surface area contributed by atoms with Gasteiger partial charge in [-0.2, -0.15) is 0 Å². The van der Waals surface area contributed by atoms with Crippen LogP contribution in [0.5, 0.6) is 17.2 Å². The normalized spacial score (nSPS) is 17.4. The summed E-state index contributed by atoms with van der Waals surface area (Å²) in [5, 5.41) is 8.63. The zero-order valence-corrected chi connectivity index (χ0v) is 19.9. The summed E-state index contributed by atoms with van der Waals surface area (Å²) >= 11 is 1.28. The Bertz CT molecular complexity index is 1130. The van der Waals surface area contributed by atoms with Crippen molar-refractivity contribution in [3.8, 4) is 17.2 Å². The minimum absolute atomic E-state index is 0.0403. The Kier molecular flexibility index (Phi) is 6.89. The molecule has 0 spiro atoms. The second-order valence-corrected chi connectivity index (χ2v) is 9.20. The number of amides is 1. The number of carbonyl (C=O) groups excluding carboxylic acids is 1. The van der Waals surface area contributed by atoms with Crippen molar-refractivity contribution in [3.63, 3.8) is 0 Å². The average molecular weight is 482 g/mol. The highest BCUT2D eigenvalue weighted by Gasteiger charge is 2.31. The second kappa shape index (κ2) is 10.4. The number of fused-ring (bicyclic) bond motifs is 1. The zero-order chi connectivity index (χ0) is 23.3. The van der Waals surface area contributed by atoms with Crippen molar-refractivity contribution in [2.75, 3.05) is 32.6 Å². The fourth-order valence-corrected chi connectivity index (χ4v) is 4.96. The van der Waals surface area contributed by atoms with Crippen LogP contribution in [0.3, 0.4) is 0 Å². The molecular weight excluding hydrogens is 454 g/mol. The molecular formula is C25H27N3O5S. The molecule has 3 heterocycles. The highest BCUT2D eigenvalue weighted by Crippen LogP contribution is 2.38. The Labute approximate surface area is 202 Å². The number of thioether (sulfide) groups is 1. The number of benzene rings is 2. The van der Waals surface area contributed by atoms with Gasteiger partial charge in [-0.3, -0.25) is 4.79 Å². The molecule has 0 bridgehead atoms. The van der Waals surface area contributed by atoms with Crippen molar-refractivity contribution < 1.29 is 23.4 Å². The first-order valence-electron chi connectivity index (χ1n) is 11.5. The third-order valence-corrected chi connectivity index (χ3v) is 6.81. The molecule has 5 rings (SSSR count). The van der Waals surface area contributed by atoms with Gasteiger partial charge in [-0.1, -0.05) is 30.0 Å². The maximum absolute atomic E-state index is 13.1. The predicted molar refractivity (Wildman–Crippen MR) is 127 cm³/mol. The van der Waals surface area contributed by atoms with E-state index in [1.54, 1.807) is 7.11 Å². The minimum atomic E-state index is 0.0403. The Morgan fingerprint density at radius 3 is 2.74 bits per heavy atom. The maximum Gasteiger partial charge on any atom is 0.277 e. The highest BCUT2D eigenvalue weighted by atomic mass is 32.2. The van der Waals surface area contributed by atoms with Crippen LogP contribution in [0.25, 0.3) is 0 Å². The van der Waals surface area contributed by atoms with E-state index in [0.717, 1.165) is 54.2 Å². The minimum Gasteiger partial charge on any atom is -0.497 e. The van der Waals surface area contributed by atoms with Crippen LogP contribution < -0.4 is 14.2 Å². The first-order valence-corrected chi connectivity index (χ1v) is 12.5. The topological polar surface area (TPSA) is 86.9 Å². The number of hydrogen-bond acceptors (Lipinski definition) is 8. The van der Waals surface area contributed by atoms with Crippen LogP contribution in [0, 0.1) is 0 Å². The molecule has 1 amide bonds. The number of likely N-dealkylation sites (tertiary alicyclic amines) is 1. The third kappa shape index (κ3) is 5.14. The Balaban J connectivity index is 1.19. The molecule has 34 heavy (non-hydrogen) atoms. The van der Waals surface area contributed by atoms with Crippen molar-refractivity contribution in [1.29, 1.82) is 0 Å². The van der Waals surface area contributed by atoms with E-state index in [-0.39, 0.29) is 17.7 Å². The van der Waals surface area contributed by atoms with Gasteiger partial charge in [-0.25, -0.2) is 0 Å². The first-order chi connectivity index (χ1) is 16.7. The summed E-state index contributed by atoms with van der Waals surface area (Å²) in [5.41, 5.74) is 2.13. The molecule has 1 unspecified atom stereocenters. The molecule has 178 valence electrons. The summed E-state index contributed by atoms with van der Waals surface area (Å²) in [7, 11) is 1.64. The second-order valence-electron chi connectivity index (χ2n) is 8.28. The van der Waals surface area contributed by atoms with E-state index in [9.17, 15) is 4.79 Å². The summed E-state index contributed by atoms with van der Waals surface area (Å²) in [6.45, 7) is 2.05. The third-order valence-electron chi connectivity index (χ3n) is 6.01. The van der Waals surface area contributed by atoms with E-state index in [0.29, 0.717) is 30.7 Å². The summed E-state index contributed by atoms with van der Waals surface area (Å²) in [6, 6.07) is 13.8. The van der Waals surface area contributed by atoms with E-state index in [1.165, 1.54) is 11.8 Å². The van der Waals surface area contributed by atoms with Crippen molar-refractivity contribution in [1.82, 2.24) is 15.1 Å². The summed E-state index contributed by atoms with van der Waals surface area (Å²) in [5.74, 6) is 3.18. The first kappa shape index (κ1) is 22.6. The molecule has 1 aromatic heterocycles. The van der Waals surface area contributed by atoms with E-state index in [4.69, 9.17) is 18.6 Å². The molecule has 0 saturated carbocycles. The number of nitrogens with zero attached hydrogens (tertiary/aromatic N) is 3. The molecule has 2 aromatic carbocycles. The molecule has 0 N–H and O–H groups in total. The number of hydrogen-bond donors (Lipinski definition) is 0. The number of aromatic nitrogens is 2. The summed E-state index contributed by atoms with van der Waals surface area (Å²) < 4.78 is 22.5. The summed E-state index contributed by atoms with van der Waals surface area (Å²) in [6.07, 6.45) is 3.31. The molecule has 2 aliphatic rings. The quantitative estimate of drug-likeness (QED) is 0.462. The number of rotatable bonds is 7. The molecule has 0 radical (unpaired) electrons. The van der Waals surface area contributed by atoms with Gasteiger partial charge in [0.15, 0.2) is 11.5 Å². The van der Waals surface area contributed by atoms with Gasteiger partial charge in [0.2, 0.25) is 11.8 Å². The van der Waals surface area contributed by atoms with Crippen LogP contribution in [0.15, 0.2) is 52.1 Å². The van der Waals surface area contributed by atoms with Gasteiger partial charge in [0.25, 0.3) is 5.22 Å². The van der Waals surface area contributed by atoms with Gasteiger partial charge in [-0.15, -0.1) is 10.2 Å². The maximum atomic E-state index is 13.1. The zero-order valence-electron chi connectivity index (χ0n) is 19.1. The molecule has 0 aliphatic carbocycles. The van der Waals surface area contributed by atoms with E-state index in [1.807, 2.05) is 47.4 Å². The molecule has 1 atom stereocenters. The highest BCUT2D eigenvalue weighted by molar-refractivity contribution is 7.99. The Morgan fingerprint density at radius 2 is 1.91 bits per heavy atom. The molecule has 2 aliphatic heterocycles. The van der Waals surface area contributed by atoms with Gasteiger partial charge < -0.3 is 23.5 Å². The van der Waals surface area contributed by atoms with Crippen LogP contribution in [-0.2, 0) is 11.2 Å². The molecule has 3 aromatic rings. The summed E-state index contributed by atoms with van der Waals surface area (Å²) in [4.78, 5) is 15.0. The van der Waals surface area contributed by atoms with E-state index >= 15 is 0 Å². The fraction of sp³-hybridized carbons (Fsp3) is 0.400. The average Bonchev–Trinajstić information content (AvgIpc) is 3.47. The predicted octanol–water partition coefficient (Wildman–Crippen LogP) is 4.29. The van der Waals surface area contributed by atoms with Gasteiger partial charge in [0, 0.05) is 13.0 Å². The van der Waals surface area contributed by atoms with Crippen LogP contribution in [0.2, 0.25) is 0 Å². The number of carbonyl (C=O) groups is 1. The smallest absolute Gasteiger partial charge is 0.277 e. The molecule has 9 heteroatoms. The molecule has 8 nitrogen and oxygen atoms in total. The van der Waals surface area contributed by atoms with E-state index in [2.05, 4.69) is 10.2 Å². The monoisotopic (exact) mass is 481 g/mol. The molecule has 1 saturated heterocycles. The Morgan fingerprint density at radius 1 is 1.09 bits per heavy atom. The lowest BCUT2D eigenvalue weighted by molar-refractivity contribution is -0.129. The van der Waals surface area contributed by atoms with Crippen LogP contribution in [0.4, 0.5) is 0 Å². The Hall–Kier alpha value is -3.20. The lowest BCUT2D eigenvalue weighted by Crippen LogP contribution is -2.32. The largest absolute Gasteiger partial charge is 0.497 e. The van der Waals surface area contributed by atoms with Gasteiger partial charge in [0.1, 0.15) is 5.75 Å². The number of methoxy groups -OCH3 is 1. The van der Waals surface area contributed by atoms with Crippen molar-refractivity contribution in [3.05, 3.63) is 59.5 Å². The van der Waals surface area contributed by atoms with Crippen LogP contribution in [0.1, 0.15) is 42.3 Å². The lowest BCUT2D eigenvalue weighted by atomic mass is 10.0. The molecule has 1 fully saturated rings.